The topological polar surface area (TPSA) is 96.2 Å². The Morgan fingerprint density at radius 3 is 2.87 bits per heavy atom. The molecule has 1 aromatic carbocycles. The number of hydrogen-bond donors (Lipinski definition) is 3. The Labute approximate surface area is 136 Å². The number of carbonyl (C=O) groups is 1. The Balaban J connectivity index is 1.70. The summed E-state index contributed by atoms with van der Waals surface area (Å²) in [6, 6.07) is 9.94. The molecule has 2 rings (SSSR count). The minimum Gasteiger partial charge on any atom is -0.370 e. The van der Waals surface area contributed by atoms with Crippen molar-refractivity contribution in [1.82, 2.24) is 15.3 Å². The van der Waals surface area contributed by atoms with Crippen LogP contribution in [-0.4, -0.2) is 28.4 Å². The van der Waals surface area contributed by atoms with Gasteiger partial charge in [-0.05, 0) is 24.3 Å². The van der Waals surface area contributed by atoms with Gasteiger partial charge in [-0.15, -0.1) is 0 Å². The number of imidazole rings is 1. The molecule has 6 heteroatoms. The largest absolute Gasteiger partial charge is 0.370 e. The number of rotatable bonds is 7. The third-order valence-corrected chi connectivity index (χ3v) is 3.57. The molecule has 0 unspecified atom stereocenters. The van der Waals surface area contributed by atoms with Gasteiger partial charge in [0.15, 0.2) is 5.96 Å². The average Bonchev–Trinajstić information content (AvgIpc) is 3.05. The molecular weight excluding hydrogens is 290 g/mol. The third kappa shape index (κ3) is 5.94. The normalized spacial score (nSPS) is 12.8. The molecule has 0 saturated heterocycles. The monoisotopic (exact) mass is 313 g/mol. The molecule has 122 valence electrons. The van der Waals surface area contributed by atoms with Gasteiger partial charge in [-0.2, -0.15) is 0 Å². The van der Waals surface area contributed by atoms with E-state index in [0.717, 1.165) is 24.1 Å². The summed E-state index contributed by atoms with van der Waals surface area (Å²) in [4.78, 5) is 23.1. The maximum absolute atomic E-state index is 12.0. The molecule has 2 aromatic rings. The lowest BCUT2D eigenvalue weighted by molar-refractivity contribution is -0.120. The first-order valence-corrected chi connectivity index (χ1v) is 7.77. The Hall–Kier alpha value is -2.63. The number of aromatic nitrogens is 2. The van der Waals surface area contributed by atoms with E-state index in [9.17, 15) is 4.79 Å². The molecule has 23 heavy (non-hydrogen) atoms. The zero-order valence-electron chi connectivity index (χ0n) is 13.3. The molecule has 0 aliphatic heterocycles. The summed E-state index contributed by atoms with van der Waals surface area (Å²) in [6.45, 7) is 2.59. The van der Waals surface area contributed by atoms with Crippen molar-refractivity contribution in [1.29, 1.82) is 0 Å². The van der Waals surface area contributed by atoms with Gasteiger partial charge in [0, 0.05) is 24.9 Å². The number of hydrogen-bond acceptors (Lipinski definition) is 3. The first-order valence-electron chi connectivity index (χ1n) is 7.77. The fourth-order valence-corrected chi connectivity index (χ4v) is 2.30. The molecule has 1 amide bonds. The first-order chi connectivity index (χ1) is 11.1. The van der Waals surface area contributed by atoms with Gasteiger partial charge >= 0.3 is 0 Å². The molecule has 0 aliphatic carbocycles. The van der Waals surface area contributed by atoms with E-state index in [1.807, 2.05) is 37.3 Å². The molecule has 0 saturated carbocycles. The SMILES string of the molecule is C[C@H](CC(=O)NC(N)=NCCCc1cnc[nH]1)c1ccccc1. The van der Waals surface area contributed by atoms with E-state index in [1.54, 1.807) is 12.5 Å². The highest BCUT2D eigenvalue weighted by Gasteiger charge is 2.11. The molecule has 6 nitrogen and oxygen atoms in total. The van der Waals surface area contributed by atoms with Gasteiger partial charge < -0.3 is 10.7 Å². The highest BCUT2D eigenvalue weighted by atomic mass is 16.1. The summed E-state index contributed by atoms with van der Waals surface area (Å²) in [7, 11) is 0. The number of carbonyl (C=O) groups excluding carboxylic acids is 1. The van der Waals surface area contributed by atoms with Crippen LogP contribution in [0.3, 0.4) is 0 Å². The first kappa shape index (κ1) is 16.7. The quantitative estimate of drug-likeness (QED) is 0.414. The summed E-state index contributed by atoms with van der Waals surface area (Å²) in [5.74, 6) is 0.209. The van der Waals surface area contributed by atoms with Crippen molar-refractivity contribution in [3.63, 3.8) is 0 Å². The summed E-state index contributed by atoms with van der Waals surface area (Å²) < 4.78 is 0. The minimum absolute atomic E-state index is 0.115. The van der Waals surface area contributed by atoms with Gasteiger partial charge in [0.25, 0.3) is 0 Å². The van der Waals surface area contributed by atoms with Crippen molar-refractivity contribution in [3.8, 4) is 0 Å². The van der Waals surface area contributed by atoms with E-state index in [4.69, 9.17) is 5.73 Å². The van der Waals surface area contributed by atoms with Crippen molar-refractivity contribution in [3.05, 3.63) is 54.1 Å². The van der Waals surface area contributed by atoms with Crippen molar-refractivity contribution >= 4 is 11.9 Å². The van der Waals surface area contributed by atoms with E-state index in [0.29, 0.717) is 13.0 Å². The predicted octanol–water partition coefficient (Wildman–Crippen LogP) is 1.97. The van der Waals surface area contributed by atoms with Crippen molar-refractivity contribution in [2.45, 2.75) is 32.1 Å². The van der Waals surface area contributed by atoms with E-state index >= 15 is 0 Å². The predicted molar refractivity (Wildman–Crippen MR) is 91.0 cm³/mol. The number of aryl methyl sites for hydroxylation is 1. The van der Waals surface area contributed by atoms with Gasteiger partial charge in [-0.1, -0.05) is 37.3 Å². The lowest BCUT2D eigenvalue weighted by Gasteiger charge is -2.11. The molecule has 0 spiro atoms. The number of guanidine groups is 1. The van der Waals surface area contributed by atoms with Crippen LogP contribution in [0.25, 0.3) is 0 Å². The van der Waals surface area contributed by atoms with Gasteiger partial charge in [0.2, 0.25) is 5.91 Å². The Bertz CT molecular complexity index is 622. The number of nitrogens with one attached hydrogen (secondary N) is 2. The van der Waals surface area contributed by atoms with E-state index in [2.05, 4.69) is 20.3 Å². The molecule has 1 aromatic heterocycles. The number of nitrogens with zero attached hydrogens (tertiary/aromatic N) is 2. The van der Waals surface area contributed by atoms with Crippen LogP contribution < -0.4 is 11.1 Å². The van der Waals surface area contributed by atoms with Crippen LogP contribution in [0.15, 0.2) is 47.8 Å². The summed E-state index contributed by atoms with van der Waals surface area (Å²) in [5.41, 5.74) is 7.95. The van der Waals surface area contributed by atoms with Crippen LogP contribution in [0.5, 0.6) is 0 Å². The van der Waals surface area contributed by atoms with Crippen molar-refractivity contribution < 1.29 is 4.79 Å². The summed E-state index contributed by atoms with van der Waals surface area (Å²) >= 11 is 0. The van der Waals surface area contributed by atoms with Crippen molar-refractivity contribution in [2.24, 2.45) is 10.7 Å². The van der Waals surface area contributed by atoms with Gasteiger partial charge in [-0.3, -0.25) is 15.1 Å². The van der Waals surface area contributed by atoms with Crippen LogP contribution in [0, 0.1) is 0 Å². The van der Waals surface area contributed by atoms with E-state index in [-0.39, 0.29) is 17.8 Å². The number of benzene rings is 1. The molecule has 4 N–H and O–H groups in total. The zero-order valence-corrected chi connectivity index (χ0v) is 13.3. The van der Waals surface area contributed by atoms with Crippen LogP contribution in [0.2, 0.25) is 0 Å². The molecule has 0 fully saturated rings. The minimum atomic E-state index is -0.115. The Kier molecular flexibility index (Phi) is 6.35. The van der Waals surface area contributed by atoms with Gasteiger partial charge in [0.1, 0.15) is 0 Å². The van der Waals surface area contributed by atoms with Crippen LogP contribution >= 0.6 is 0 Å². The van der Waals surface area contributed by atoms with E-state index < -0.39 is 0 Å². The molecule has 0 radical (unpaired) electrons. The van der Waals surface area contributed by atoms with Crippen LogP contribution in [0.4, 0.5) is 0 Å². The number of H-pyrrole nitrogens is 1. The van der Waals surface area contributed by atoms with Gasteiger partial charge in [-0.25, -0.2) is 4.98 Å². The maximum atomic E-state index is 12.0. The van der Waals surface area contributed by atoms with E-state index in [1.165, 1.54) is 0 Å². The molecule has 0 bridgehead atoms. The highest BCUT2D eigenvalue weighted by molar-refractivity contribution is 5.96. The third-order valence-electron chi connectivity index (χ3n) is 3.57. The number of aromatic amines is 1. The summed E-state index contributed by atoms with van der Waals surface area (Å²) in [6.07, 6.45) is 5.53. The zero-order chi connectivity index (χ0) is 16.5. The Morgan fingerprint density at radius 2 is 2.17 bits per heavy atom. The molecule has 0 aliphatic rings. The smallest absolute Gasteiger partial charge is 0.227 e. The maximum Gasteiger partial charge on any atom is 0.227 e. The fourth-order valence-electron chi connectivity index (χ4n) is 2.30. The Morgan fingerprint density at radius 1 is 1.39 bits per heavy atom. The summed E-state index contributed by atoms with van der Waals surface area (Å²) in [5, 5.41) is 2.64. The average molecular weight is 313 g/mol. The standard InChI is InChI=1S/C17H23N5O/c1-13(14-6-3-2-4-7-14)10-16(23)22-17(18)20-9-5-8-15-11-19-12-21-15/h2-4,6-7,11-13H,5,8-10H2,1H3,(H,19,21)(H3,18,20,22,23)/t13-/m1/s1. The fraction of sp³-hybridized carbons (Fsp3) is 0.353. The van der Waals surface area contributed by atoms with Crippen LogP contribution in [-0.2, 0) is 11.2 Å². The lowest BCUT2D eigenvalue weighted by atomic mass is 9.98. The van der Waals surface area contributed by atoms with Gasteiger partial charge in [0.05, 0.1) is 6.33 Å². The molecule has 1 atom stereocenters. The van der Waals surface area contributed by atoms with Crippen LogP contribution in [0.1, 0.15) is 36.9 Å². The number of amides is 1. The second-order valence-corrected chi connectivity index (χ2v) is 5.51. The second kappa shape index (κ2) is 8.73. The lowest BCUT2D eigenvalue weighted by Crippen LogP contribution is -2.37. The second-order valence-electron chi connectivity index (χ2n) is 5.51. The number of nitrogens with two attached hydrogens (primary N) is 1. The molecular formula is C17H23N5O. The molecule has 1 heterocycles. The number of aliphatic imine (C=N–C) groups is 1. The van der Waals surface area contributed by atoms with Crippen molar-refractivity contribution in [2.75, 3.05) is 6.54 Å². The highest BCUT2D eigenvalue weighted by Crippen LogP contribution is 2.17.